The maximum absolute atomic E-state index is 12.2. The summed E-state index contributed by atoms with van der Waals surface area (Å²) in [5.74, 6) is -0.572. The van der Waals surface area contributed by atoms with Gasteiger partial charge in [0.05, 0.1) is 21.2 Å². The number of carbonyl (C=O) groups excluding carboxylic acids is 2. The Morgan fingerprint density at radius 3 is 2.43 bits per heavy atom. The molecule has 0 aliphatic heterocycles. The van der Waals surface area contributed by atoms with Crippen molar-refractivity contribution in [2.75, 3.05) is 11.9 Å². The van der Waals surface area contributed by atoms with E-state index in [9.17, 15) is 19.7 Å². The molecule has 30 heavy (non-hydrogen) atoms. The van der Waals surface area contributed by atoms with Crippen molar-refractivity contribution in [3.8, 4) is 11.5 Å². The number of nitrogens with one attached hydrogen (secondary N) is 1. The Balaban J connectivity index is 1.64. The second-order valence-electron chi connectivity index (χ2n) is 5.96. The summed E-state index contributed by atoms with van der Waals surface area (Å²) in [6.07, 6.45) is 0. The van der Waals surface area contributed by atoms with Gasteiger partial charge < -0.3 is 14.8 Å². The molecule has 1 amide bonds. The second kappa shape index (κ2) is 9.53. The van der Waals surface area contributed by atoms with Crippen molar-refractivity contribution >= 4 is 34.9 Å². The smallest absolute Gasteiger partial charge is 0.340 e. The fourth-order valence-electron chi connectivity index (χ4n) is 2.45. The van der Waals surface area contributed by atoms with Crippen LogP contribution in [-0.4, -0.2) is 23.4 Å². The van der Waals surface area contributed by atoms with Gasteiger partial charge in [0, 0.05) is 12.1 Å². The maximum Gasteiger partial charge on any atom is 0.340 e. The van der Waals surface area contributed by atoms with Crippen molar-refractivity contribution in [3.05, 3.63) is 93.5 Å². The number of anilines is 1. The summed E-state index contributed by atoms with van der Waals surface area (Å²) in [5, 5.41) is 13.4. The molecule has 0 radical (unpaired) electrons. The first-order valence-corrected chi connectivity index (χ1v) is 9.04. The van der Waals surface area contributed by atoms with Crippen LogP contribution in [0.2, 0.25) is 5.02 Å². The molecule has 3 aromatic rings. The first-order chi connectivity index (χ1) is 14.4. The van der Waals surface area contributed by atoms with E-state index in [1.807, 2.05) is 18.2 Å². The highest BCUT2D eigenvalue weighted by Crippen LogP contribution is 2.29. The lowest BCUT2D eigenvalue weighted by Crippen LogP contribution is -2.21. The van der Waals surface area contributed by atoms with Crippen molar-refractivity contribution in [3.63, 3.8) is 0 Å². The predicted molar refractivity (Wildman–Crippen MR) is 110 cm³/mol. The first kappa shape index (κ1) is 20.8. The van der Waals surface area contributed by atoms with Crippen molar-refractivity contribution in [2.45, 2.75) is 0 Å². The van der Waals surface area contributed by atoms with Crippen LogP contribution in [0, 0.1) is 10.1 Å². The number of carbonyl (C=O) groups is 2. The number of non-ortho nitro benzene ring substituents is 1. The Morgan fingerprint density at radius 1 is 1.00 bits per heavy atom. The Kier molecular flexibility index (Phi) is 6.61. The van der Waals surface area contributed by atoms with Crippen molar-refractivity contribution < 1.29 is 24.0 Å². The van der Waals surface area contributed by atoms with Crippen LogP contribution >= 0.6 is 11.6 Å². The lowest BCUT2D eigenvalue weighted by Gasteiger charge is -2.12. The summed E-state index contributed by atoms with van der Waals surface area (Å²) in [4.78, 5) is 34.6. The van der Waals surface area contributed by atoms with Crippen LogP contribution in [0.15, 0.2) is 72.8 Å². The van der Waals surface area contributed by atoms with E-state index in [1.165, 1.54) is 6.07 Å². The number of benzene rings is 3. The van der Waals surface area contributed by atoms with Gasteiger partial charge in [-0.1, -0.05) is 41.9 Å². The van der Waals surface area contributed by atoms with Crippen LogP contribution in [0.5, 0.6) is 11.5 Å². The molecule has 0 aliphatic rings. The summed E-state index contributed by atoms with van der Waals surface area (Å²) in [7, 11) is 0. The highest BCUT2D eigenvalue weighted by molar-refractivity contribution is 6.33. The number of nitro benzene ring substituents is 1. The van der Waals surface area contributed by atoms with Crippen molar-refractivity contribution in [1.82, 2.24) is 0 Å². The third-order valence-electron chi connectivity index (χ3n) is 3.85. The Bertz CT molecular complexity index is 1090. The van der Waals surface area contributed by atoms with E-state index in [0.29, 0.717) is 17.2 Å². The highest BCUT2D eigenvalue weighted by Gasteiger charge is 2.18. The van der Waals surface area contributed by atoms with Crippen LogP contribution in [0.25, 0.3) is 0 Å². The molecule has 0 saturated carbocycles. The van der Waals surface area contributed by atoms with E-state index in [-0.39, 0.29) is 16.3 Å². The summed E-state index contributed by atoms with van der Waals surface area (Å²) in [6.45, 7) is -0.614. The zero-order chi connectivity index (χ0) is 21.5. The zero-order valence-corrected chi connectivity index (χ0v) is 16.2. The zero-order valence-electron chi connectivity index (χ0n) is 15.4. The molecule has 152 valence electrons. The molecule has 0 unspecified atom stereocenters. The average Bonchev–Trinajstić information content (AvgIpc) is 2.74. The van der Waals surface area contributed by atoms with E-state index in [0.717, 1.165) is 12.1 Å². The SMILES string of the molecule is O=C(COC(=O)c1cc([N+](=O)[O-])ccc1Cl)Nc1ccccc1Oc1ccccc1. The molecule has 1 N–H and O–H groups in total. The van der Waals surface area contributed by atoms with Gasteiger partial charge in [0.15, 0.2) is 12.4 Å². The molecule has 0 bridgehead atoms. The lowest BCUT2D eigenvalue weighted by atomic mass is 10.2. The lowest BCUT2D eigenvalue weighted by molar-refractivity contribution is -0.384. The quantitative estimate of drug-likeness (QED) is 0.329. The van der Waals surface area contributed by atoms with Gasteiger partial charge in [0.25, 0.3) is 11.6 Å². The fraction of sp³-hybridized carbons (Fsp3) is 0.0476. The minimum Gasteiger partial charge on any atom is -0.455 e. The molecule has 0 fully saturated rings. The van der Waals surface area contributed by atoms with Crippen LogP contribution in [0.3, 0.4) is 0 Å². The minimum absolute atomic E-state index is 0.0207. The molecule has 8 nitrogen and oxygen atoms in total. The van der Waals surface area contributed by atoms with Gasteiger partial charge in [-0.05, 0) is 30.3 Å². The molecule has 0 saturated heterocycles. The average molecular weight is 427 g/mol. The molecule has 9 heteroatoms. The van der Waals surface area contributed by atoms with Gasteiger partial charge in [0.2, 0.25) is 0 Å². The third-order valence-corrected chi connectivity index (χ3v) is 4.18. The van der Waals surface area contributed by atoms with Gasteiger partial charge in [-0.2, -0.15) is 0 Å². The number of amides is 1. The monoisotopic (exact) mass is 426 g/mol. The van der Waals surface area contributed by atoms with Gasteiger partial charge in [-0.15, -0.1) is 0 Å². The molecule has 0 aromatic heterocycles. The number of ether oxygens (including phenoxy) is 2. The molecule has 3 aromatic carbocycles. The van der Waals surface area contributed by atoms with Crippen LogP contribution in [-0.2, 0) is 9.53 Å². The van der Waals surface area contributed by atoms with E-state index < -0.39 is 23.4 Å². The Labute approximate surface area is 176 Å². The van der Waals surface area contributed by atoms with Gasteiger partial charge >= 0.3 is 5.97 Å². The molecule has 0 heterocycles. The highest BCUT2D eigenvalue weighted by atomic mass is 35.5. The minimum atomic E-state index is -0.951. The maximum atomic E-state index is 12.2. The number of esters is 1. The van der Waals surface area contributed by atoms with E-state index in [1.54, 1.807) is 36.4 Å². The van der Waals surface area contributed by atoms with Gasteiger partial charge in [-0.25, -0.2) is 4.79 Å². The standard InChI is InChI=1S/C21H15ClN2O6/c22-17-11-10-14(24(27)28)12-16(17)21(26)29-13-20(25)23-18-8-4-5-9-19(18)30-15-6-2-1-3-7-15/h1-12H,13H2,(H,23,25). The molecular formula is C21H15ClN2O6. The first-order valence-electron chi connectivity index (χ1n) is 8.67. The van der Waals surface area contributed by atoms with E-state index in [4.69, 9.17) is 21.1 Å². The number of hydrogen-bond acceptors (Lipinski definition) is 6. The van der Waals surface area contributed by atoms with Crippen molar-refractivity contribution in [2.24, 2.45) is 0 Å². The second-order valence-corrected chi connectivity index (χ2v) is 6.36. The normalized spacial score (nSPS) is 10.2. The Morgan fingerprint density at radius 2 is 1.70 bits per heavy atom. The van der Waals surface area contributed by atoms with Crippen molar-refractivity contribution in [1.29, 1.82) is 0 Å². The van der Waals surface area contributed by atoms with E-state index >= 15 is 0 Å². The molecule has 0 atom stereocenters. The van der Waals surface area contributed by atoms with E-state index in [2.05, 4.69) is 5.32 Å². The number of halogens is 1. The van der Waals surface area contributed by atoms with Crippen LogP contribution in [0.1, 0.15) is 10.4 Å². The number of hydrogen-bond donors (Lipinski definition) is 1. The van der Waals surface area contributed by atoms with Crippen LogP contribution < -0.4 is 10.1 Å². The largest absolute Gasteiger partial charge is 0.455 e. The summed E-state index contributed by atoms with van der Waals surface area (Å²) in [5.41, 5.74) is -0.134. The summed E-state index contributed by atoms with van der Waals surface area (Å²) < 4.78 is 10.7. The summed E-state index contributed by atoms with van der Waals surface area (Å²) >= 11 is 5.90. The Hall–Kier alpha value is -3.91. The fourth-order valence-corrected chi connectivity index (χ4v) is 2.65. The number of nitrogens with zero attached hydrogens (tertiary/aromatic N) is 1. The summed E-state index contributed by atoms with van der Waals surface area (Å²) in [6, 6.07) is 19.2. The molecule has 0 spiro atoms. The number of nitro groups is 1. The topological polar surface area (TPSA) is 108 Å². The van der Waals surface area contributed by atoms with Gasteiger partial charge in [0.1, 0.15) is 5.75 Å². The van der Waals surface area contributed by atoms with Gasteiger partial charge in [-0.3, -0.25) is 14.9 Å². The predicted octanol–water partition coefficient (Wildman–Crippen LogP) is 4.84. The number of para-hydroxylation sites is 3. The molecular weight excluding hydrogens is 412 g/mol. The molecule has 3 rings (SSSR count). The third kappa shape index (κ3) is 5.33. The number of rotatable bonds is 7. The molecule has 0 aliphatic carbocycles. The van der Waals surface area contributed by atoms with Crippen LogP contribution in [0.4, 0.5) is 11.4 Å².